The first-order chi connectivity index (χ1) is 9.47. The Morgan fingerprint density at radius 1 is 1.20 bits per heavy atom. The summed E-state index contributed by atoms with van der Waals surface area (Å²) in [4.78, 5) is 26.2. The highest BCUT2D eigenvalue weighted by Gasteiger charge is 2.43. The first kappa shape index (κ1) is 13.6. The van der Waals surface area contributed by atoms with Crippen LogP contribution in [0.4, 0.5) is 5.69 Å². The van der Waals surface area contributed by atoms with E-state index in [4.69, 9.17) is 0 Å². The molecule has 2 aliphatic rings. The highest BCUT2D eigenvalue weighted by atomic mass is 79.9. The van der Waals surface area contributed by atoms with Gasteiger partial charge in [-0.2, -0.15) is 0 Å². The van der Waals surface area contributed by atoms with Gasteiger partial charge in [0.25, 0.3) is 0 Å². The number of anilines is 1. The molecule has 1 atom stereocenters. The van der Waals surface area contributed by atoms with E-state index in [0.717, 1.165) is 34.1 Å². The van der Waals surface area contributed by atoms with Gasteiger partial charge in [0.1, 0.15) is 12.6 Å². The summed E-state index contributed by atoms with van der Waals surface area (Å²) in [6.45, 7) is 4.06. The standard InChI is InChI=1S/C15H17BrN2O2/c1-8-5-11(16)6-9(2)14(8)18-7-12(19)17-13(15(18)20)10-3-4-10/h5-6,10,13H,3-4,7H2,1-2H3,(H,17,19). The average Bonchev–Trinajstić information content (AvgIpc) is 3.15. The fraction of sp³-hybridized carbons (Fsp3) is 0.467. The van der Waals surface area contributed by atoms with Crippen LogP contribution in [-0.2, 0) is 9.59 Å². The summed E-state index contributed by atoms with van der Waals surface area (Å²) in [5.41, 5.74) is 2.89. The third-order valence-corrected chi connectivity index (χ3v) is 4.43. The Bertz CT molecular complexity index is 573. The van der Waals surface area contributed by atoms with Crippen molar-refractivity contribution in [1.29, 1.82) is 0 Å². The largest absolute Gasteiger partial charge is 0.342 e. The summed E-state index contributed by atoms with van der Waals surface area (Å²) in [5, 5.41) is 2.84. The molecule has 20 heavy (non-hydrogen) atoms. The highest BCUT2D eigenvalue weighted by molar-refractivity contribution is 9.10. The summed E-state index contributed by atoms with van der Waals surface area (Å²) in [7, 11) is 0. The van der Waals surface area contributed by atoms with Gasteiger partial charge >= 0.3 is 0 Å². The van der Waals surface area contributed by atoms with E-state index in [9.17, 15) is 9.59 Å². The molecule has 1 saturated carbocycles. The Labute approximate surface area is 126 Å². The number of halogens is 1. The molecule has 0 radical (unpaired) electrons. The molecule has 1 N–H and O–H groups in total. The molecule has 5 heteroatoms. The van der Waals surface area contributed by atoms with Gasteiger partial charge in [0.15, 0.2) is 0 Å². The van der Waals surface area contributed by atoms with Crippen molar-refractivity contribution in [2.45, 2.75) is 32.7 Å². The number of piperazine rings is 1. The summed E-state index contributed by atoms with van der Waals surface area (Å²) in [6.07, 6.45) is 2.06. The van der Waals surface area contributed by atoms with Gasteiger partial charge in [-0.3, -0.25) is 9.59 Å². The SMILES string of the molecule is Cc1cc(Br)cc(C)c1N1CC(=O)NC(C2CC2)C1=O. The van der Waals surface area contributed by atoms with E-state index in [-0.39, 0.29) is 24.4 Å². The second-order valence-corrected chi connectivity index (χ2v) is 6.61. The number of hydrogen-bond donors (Lipinski definition) is 1. The number of hydrogen-bond acceptors (Lipinski definition) is 2. The molecule has 106 valence electrons. The van der Waals surface area contributed by atoms with Gasteiger partial charge in [-0.25, -0.2) is 0 Å². The number of carbonyl (C=O) groups is 2. The smallest absolute Gasteiger partial charge is 0.250 e. The van der Waals surface area contributed by atoms with Gasteiger partial charge in [0.2, 0.25) is 11.8 Å². The van der Waals surface area contributed by atoms with Crippen LogP contribution < -0.4 is 10.2 Å². The molecule has 1 saturated heterocycles. The molecule has 1 heterocycles. The van der Waals surface area contributed by atoms with E-state index >= 15 is 0 Å². The van der Waals surface area contributed by atoms with Crippen LogP contribution in [0.1, 0.15) is 24.0 Å². The van der Waals surface area contributed by atoms with Gasteiger partial charge < -0.3 is 10.2 Å². The molecule has 0 aromatic heterocycles. The second kappa shape index (κ2) is 4.88. The van der Waals surface area contributed by atoms with Crippen molar-refractivity contribution in [3.8, 4) is 0 Å². The molecule has 1 unspecified atom stereocenters. The third kappa shape index (κ3) is 2.35. The van der Waals surface area contributed by atoms with Crippen LogP contribution in [0.5, 0.6) is 0 Å². The Hall–Kier alpha value is -1.36. The molecule has 1 aliphatic heterocycles. The molecule has 4 nitrogen and oxygen atoms in total. The van der Waals surface area contributed by atoms with Crippen molar-refractivity contribution in [2.75, 3.05) is 11.4 Å². The van der Waals surface area contributed by atoms with E-state index < -0.39 is 0 Å². The molecule has 0 bridgehead atoms. The number of benzene rings is 1. The fourth-order valence-electron chi connectivity index (χ4n) is 2.94. The van der Waals surface area contributed by atoms with Crippen molar-refractivity contribution in [3.63, 3.8) is 0 Å². The highest BCUT2D eigenvalue weighted by Crippen LogP contribution is 2.36. The number of aryl methyl sites for hydroxylation is 2. The summed E-state index contributed by atoms with van der Waals surface area (Å²) >= 11 is 3.46. The Balaban J connectivity index is 1.99. The van der Waals surface area contributed by atoms with Crippen LogP contribution in [-0.4, -0.2) is 24.4 Å². The Kier molecular flexibility index (Phi) is 3.32. The number of amides is 2. The molecular weight excluding hydrogens is 320 g/mol. The predicted octanol–water partition coefficient (Wildman–Crippen LogP) is 2.31. The lowest BCUT2D eigenvalue weighted by Crippen LogP contribution is -2.59. The molecular formula is C15H17BrN2O2. The zero-order valence-electron chi connectivity index (χ0n) is 11.6. The molecule has 2 amide bonds. The van der Waals surface area contributed by atoms with Crippen LogP contribution in [0.2, 0.25) is 0 Å². The Morgan fingerprint density at radius 3 is 2.35 bits per heavy atom. The van der Waals surface area contributed by atoms with Crippen LogP contribution in [0.3, 0.4) is 0 Å². The minimum atomic E-state index is -0.335. The van der Waals surface area contributed by atoms with E-state index in [1.807, 2.05) is 26.0 Å². The maximum Gasteiger partial charge on any atom is 0.250 e. The van der Waals surface area contributed by atoms with Crippen molar-refractivity contribution in [2.24, 2.45) is 5.92 Å². The molecule has 0 spiro atoms. The molecule has 1 aliphatic carbocycles. The molecule has 1 aromatic rings. The number of nitrogens with one attached hydrogen (secondary N) is 1. The van der Waals surface area contributed by atoms with Crippen LogP contribution in [0.25, 0.3) is 0 Å². The quantitative estimate of drug-likeness (QED) is 0.900. The summed E-state index contributed by atoms with van der Waals surface area (Å²) in [6, 6.07) is 3.63. The molecule has 1 aromatic carbocycles. The summed E-state index contributed by atoms with van der Waals surface area (Å²) in [5.74, 6) is 0.286. The van der Waals surface area contributed by atoms with Gasteiger partial charge in [-0.05, 0) is 55.9 Å². The van der Waals surface area contributed by atoms with E-state index in [0.29, 0.717) is 5.92 Å². The lowest BCUT2D eigenvalue weighted by molar-refractivity contribution is -0.131. The van der Waals surface area contributed by atoms with Crippen molar-refractivity contribution >= 4 is 33.4 Å². The zero-order chi connectivity index (χ0) is 14.4. The first-order valence-electron chi connectivity index (χ1n) is 6.85. The Morgan fingerprint density at radius 2 is 1.80 bits per heavy atom. The van der Waals surface area contributed by atoms with Crippen LogP contribution in [0.15, 0.2) is 16.6 Å². The van der Waals surface area contributed by atoms with Crippen LogP contribution >= 0.6 is 15.9 Å². The monoisotopic (exact) mass is 336 g/mol. The topological polar surface area (TPSA) is 49.4 Å². The number of nitrogens with zero attached hydrogens (tertiary/aromatic N) is 1. The van der Waals surface area contributed by atoms with Crippen molar-refractivity contribution < 1.29 is 9.59 Å². The van der Waals surface area contributed by atoms with Gasteiger partial charge in [0, 0.05) is 4.47 Å². The average molecular weight is 337 g/mol. The lowest BCUT2D eigenvalue weighted by atomic mass is 10.0. The molecule has 2 fully saturated rings. The number of carbonyl (C=O) groups excluding carboxylic acids is 2. The van der Waals surface area contributed by atoms with Gasteiger partial charge in [-0.1, -0.05) is 15.9 Å². The third-order valence-electron chi connectivity index (χ3n) is 3.97. The van der Waals surface area contributed by atoms with E-state index in [2.05, 4.69) is 21.2 Å². The van der Waals surface area contributed by atoms with Crippen molar-refractivity contribution in [3.05, 3.63) is 27.7 Å². The van der Waals surface area contributed by atoms with E-state index in [1.54, 1.807) is 4.90 Å². The van der Waals surface area contributed by atoms with Crippen molar-refractivity contribution in [1.82, 2.24) is 5.32 Å². The van der Waals surface area contributed by atoms with Gasteiger partial charge in [-0.15, -0.1) is 0 Å². The minimum absolute atomic E-state index is 0.0284. The maximum atomic E-state index is 12.6. The second-order valence-electron chi connectivity index (χ2n) is 5.70. The van der Waals surface area contributed by atoms with Crippen LogP contribution in [0, 0.1) is 19.8 Å². The minimum Gasteiger partial charge on any atom is -0.342 e. The van der Waals surface area contributed by atoms with Gasteiger partial charge in [0.05, 0.1) is 5.69 Å². The fourth-order valence-corrected chi connectivity index (χ4v) is 3.62. The maximum absolute atomic E-state index is 12.6. The zero-order valence-corrected chi connectivity index (χ0v) is 13.2. The molecule has 3 rings (SSSR count). The first-order valence-corrected chi connectivity index (χ1v) is 7.64. The summed E-state index contributed by atoms with van der Waals surface area (Å²) < 4.78 is 0.990. The number of rotatable bonds is 2. The predicted molar refractivity (Wildman–Crippen MR) is 80.6 cm³/mol. The normalized spacial score (nSPS) is 22.9. The van der Waals surface area contributed by atoms with E-state index in [1.165, 1.54) is 0 Å². The lowest BCUT2D eigenvalue weighted by Gasteiger charge is -2.34.